The normalized spacial score (nSPS) is 19.2. The molecule has 0 spiro atoms. The molecule has 1 N–H and O–H groups in total. The number of pyridine rings is 1. The molecule has 2 aromatic carbocycles. The summed E-state index contributed by atoms with van der Waals surface area (Å²) < 4.78 is 25.0. The van der Waals surface area contributed by atoms with Crippen LogP contribution in [0.25, 0.3) is 21.7 Å². The lowest BCUT2D eigenvalue weighted by molar-refractivity contribution is 0.0735. The quantitative estimate of drug-likeness (QED) is 0.465. The zero-order valence-corrected chi connectivity index (χ0v) is 19.1. The van der Waals surface area contributed by atoms with Gasteiger partial charge in [-0.1, -0.05) is 43.2 Å². The number of hydrogen-bond donors (Lipinski definition) is 1. The molecule has 1 saturated carbocycles. The molecule has 8 heteroatoms. The Hall–Kier alpha value is -3.10. The molecule has 1 aliphatic rings. The fraction of sp³-hybridized carbons (Fsp3) is 0.320. The van der Waals surface area contributed by atoms with Gasteiger partial charge in [0.05, 0.1) is 29.4 Å². The molecule has 2 aromatic heterocycles. The molecule has 170 valence electrons. The molecule has 7 nitrogen and oxygen atoms in total. The van der Waals surface area contributed by atoms with Crippen LogP contribution in [0.4, 0.5) is 0 Å². The predicted molar refractivity (Wildman–Crippen MR) is 127 cm³/mol. The molecule has 1 aliphatic carbocycles. The number of hydrogen-bond acceptors (Lipinski definition) is 6. The van der Waals surface area contributed by atoms with E-state index in [4.69, 9.17) is 0 Å². The van der Waals surface area contributed by atoms with Gasteiger partial charge in [0.25, 0.3) is 5.56 Å². The maximum atomic E-state index is 13.5. The Morgan fingerprint density at radius 3 is 2.48 bits per heavy atom. The highest BCUT2D eigenvalue weighted by Gasteiger charge is 2.26. The highest BCUT2D eigenvalue weighted by molar-refractivity contribution is 7.90. The first-order chi connectivity index (χ1) is 15.8. The van der Waals surface area contributed by atoms with E-state index in [0.717, 1.165) is 47.4 Å². The smallest absolute Gasteiger partial charge is 0.261 e. The molecule has 2 atom stereocenters. The maximum Gasteiger partial charge on any atom is 0.261 e. The number of benzene rings is 2. The van der Waals surface area contributed by atoms with Crippen molar-refractivity contribution in [3.8, 4) is 0 Å². The zero-order chi connectivity index (χ0) is 23.2. The second-order valence-corrected chi connectivity index (χ2v) is 10.8. The number of nitrogens with zero attached hydrogens (tertiary/aromatic N) is 3. The van der Waals surface area contributed by atoms with Gasteiger partial charge in [-0.3, -0.25) is 9.36 Å². The molecular formula is C25H25N3O4S. The highest BCUT2D eigenvalue weighted by atomic mass is 32.2. The van der Waals surface area contributed by atoms with Crippen LogP contribution in [0.15, 0.2) is 64.8 Å². The van der Waals surface area contributed by atoms with E-state index in [1.807, 2.05) is 30.3 Å². The first kappa shape index (κ1) is 21.7. The van der Waals surface area contributed by atoms with E-state index >= 15 is 0 Å². The largest absolute Gasteiger partial charge is 0.391 e. The Morgan fingerprint density at radius 2 is 1.79 bits per heavy atom. The summed E-state index contributed by atoms with van der Waals surface area (Å²) in [5, 5.41) is 12.9. The maximum absolute atomic E-state index is 13.5. The minimum absolute atomic E-state index is 0.0349. The highest BCUT2D eigenvalue weighted by Crippen LogP contribution is 2.30. The van der Waals surface area contributed by atoms with Crippen LogP contribution >= 0.6 is 0 Å². The van der Waals surface area contributed by atoms with Crippen LogP contribution in [-0.2, 0) is 16.3 Å². The third-order valence-corrected chi connectivity index (χ3v) is 7.50. The average molecular weight is 464 g/mol. The molecule has 0 saturated heterocycles. The topological polar surface area (TPSA) is 102 Å². The molecule has 2 unspecified atom stereocenters. The van der Waals surface area contributed by atoms with Crippen molar-refractivity contribution in [1.82, 2.24) is 14.5 Å². The van der Waals surface area contributed by atoms with Crippen LogP contribution < -0.4 is 5.56 Å². The van der Waals surface area contributed by atoms with Crippen molar-refractivity contribution in [2.45, 2.75) is 49.3 Å². The monoisotopic (exact) mass is 463 g/mol. The summed E-state index contributed by atoms with van der Waals surface area (Å²) >= 11 is 0. The first-order valence-electron chi connectivity index (χ1n) is 11.1. The third kappa shape index (κ3) is 4.05. The van der Waals surface area contributed by atoms with Gasteiger partial charge in [-0.05, 0) is 47.9 Å². The van der Waals surface area contributed by atoms with E-state index in [9.17, 15) is 18.3 Å². The van der Waals surface area contributed by atoms with Crippen molar-refractivity contribution >= 4 is 31.5 Å². The molecule has 4 aromatic rings. The molecule has 33 heavy (non-hydrogen) atoms. The minimum atomic E-state index is -3.37. The molecule has 0 amide bonds. The summed E-state index contributed by atoms with van der Waals surface area (Å²) in [5.74, 6) is 0. The Bertz CT molecular complexity index is 1510. The van der Waals surface area contributed by atoms with Gasteiger partial charge < -0.3 is 5.11 Å². The number of aromatic nitrogens is 3. The fourth-order valence-corrected chi connectivity index (χ4v) is 5.36. The third-order valence-electron chi connectivity index (χ3n) is 6.50. The SMILES string of the molecule is CS(=O)(=O)c1ccc(Cc2cc3c(=O)n(C4CCCCC4O)cnc3c3ccccc23)cn1. The molecule has 5 rings (SSSR count). The second-order valence-electron chi connectivity index (χ2n) is 8.81. The number of sulfone groups is 1. The van der Waals surface area contributed by atoms with Crippen LogP contribution in [0.2, 0.25) is 0 Å². The lowest BCUT2D eigenvalue weighted by atomic mass is 9.92. The molecule has 0 radical (unpaired) electrons. The van der Waals surface area contributed by atoms with E-state index in [1.165, 1.54) is 6.07 Å². The van der Waals surface area contributed by atoms with Crippen molar-refractivity contribution in [2.24, 2.45) is 0 Å². The van der Waals surface area contributed by atoms with Crippen molar-refractivity contribution in [1.29, 1.82) is 0 Å². The van der Waals surface area contributed by atoms with E-state index in [2.05, 4.69) is 9.97 Å². The first-order valence-corrected chi connectivity index (χ1v) is 13.0. The van der Waals surface area contributed by atoms with Gasteiger partial charge in [-0.25, -0.2) is 18.4 Å². The molecule has 0 bridgehead atoms. The van der Waals surface area contributed by atoms with Gasteiger partial charge in [0.15, 0.2) is 14.9 Å². The summed E-state index contributed by atoms with van der Waals surface area (Å²) in [6.45, 7) is 0. The number of fused-ring (bicyclic) bond motifs is 3. The predicted octanol–water partition coefficient (Wildman–Crippen LogP) is 3.42. The molecular weight excluding hydrogens is 438 g/mol. The van der Waals surface area contributed by atoms with Crippen molar-refractivity contribution in [3.05, 3.63) is 76.5 Å². The van der Waals surface area contributed by atoms with Crippen molar-refractivity contribution < 1.29 is 13.5 Å². The molecule has 2 heterocycles. The average Bonchev–Trinajstić information content (AvgIpc) is 2.80. The van der Waals surface area contributed by atoms with Crippen molar-refractivity contribution in [2.75, 3.05) is 6.26 Å². The Balaban J connectivity index is 1.64. The Morgan fingerprint density at radius 1 is 1.03 bits per heavy atom. The summed E-state index contributed by atoms with van der Waals surface area (Å²) in [6, 6.07) is 12.7. The Kier molecular flexibility index (Phi) is 5.50. The van der Waals surface area contributed by atoms with E-state index < -0.39 is 15.9 Å². The summed E-state index contributed by atoms with van der Waals surface area (Å²) in [6.07, 6.45) is 7.61. The van der Waals surface area contributed by atoms with Crippen LogP contribution in [0.5, 0.6) is 0 Å². The van der Waals surface area contributed by atoms with Crippen molar-refractivity contribution in [3.63, 3.8) is 0 Å². The number of aliphatic hydroxyl groups is 1. The standard InChI is InChI=1S/C25H25N3O4S/c1-33(31,32)23-11-10-16(14-26-23)12-17-13-20-24(19-7-3-2-6-18(17)19)27-15-28(25(20)30)21-8-4-5-9-22(21)29/h2-3,6-7,10-11,13-15,21-22,29H,4-5,8-9,12H2,1H3. The van der Waals surface area contributed by atoms with Crippen LogP contribution in [0.3, 0.4) is 0 Å². The van der Waals surface area contributed by atoms with E-state index in [0.29, 0.717) is 23.7 Å². The van der Waals surface area contributed by atoms with Crippen LogP contribution in [0, 0.1) is 0 Å². The number of rotatable bonds is 4. The summed E-state index contributed by atoms with van der Waals surface area (Å²) in [5.41, 5.74) is 2.28. The molecule has 1 fully saturated rings. The van der Waals surface area contributed by atoms with Gasteiger partial charge in [0, 0.05) is 17.8 Å². The summed E-state index contributed by atoms with van der Waals surface area (Å²) in [7, 11) is -3.37. The van der Waals surface area contributed by atoms with Gasteiger partial charge >= 0.3 is 0 Å². The second kappa shape index (κ2) is 8.35. The minimum Gasteiger partial charge on any atom is -0.391 e. The van der Waals surface area contributed by atoms with Gasteiger partial charge in [0.1, 0.15) is 0 Å². The zero-order valence-electron chi connectivity index (χ0n) is 18.3. The van der Waals surface area contributed by atoms with Gasteiger partial charge in [-0.15, -0.1) is 0 Å². The fourth-order valence-electron chi connectivity index (χ4n) is 4.80. The lowest BCUT2D eigenvalue weighted by Crippen LogP contribution is -2.34. The Labute approximate surface area is 191 Å². The summed E-state index contributed by atoms with van der Waals surface area (Å²) in [4.78, 5) is 22.2. The molecule has 0 aliphatic heterocycles. The van der Waals surface area contributed by atoms with Crippen LogP contribution in [0.1, 0.15) is 42.9 Å². The van der Waals surface area contributed by atoms with Gasteiger partial charge in [0.2, 0.25) is 0 Å². The van der Waals surface area contributed by atoms with Crippen LogP contribution in [-0.4, -0.2) is 40.4 Å². The lowest BCUT2D eigenvalue weighted by Gasteiger charge is -2.29. The number of aliphatic hydroxyl groups excluding tert-OH is 1. The van der Waals surface area contributed by atoms with E-state index in [1.54, 1.807) is 23.2 Å². The van der Waals surface area contributed by atoms with Gasteiger partial charge in [-0.2, -0.15) is 0 Å². The van der Waals surface area contributed by atoms with E-state index in [-0.39, 0.29) is 16.6 Å².